The normalized spacial score (nSPS) is 15.2. The van der Waals surface area contributed by atoms with E-state index in [1.54, 1.807) is 17.5 Å². The number of benzene rings is 1. The minimum absolute atomic E-state index is 0.00351. The van der Waals surface area contributed by atoms with Crippen LogP contribution < -0.4 is 10.1 Å². The number of para-hydroxylation sites is 1. The number of nitrogens with zero attached hydrogens (tertiary/aromatic N) is 4. The summed E-state index contributed by atoms with van der Waals surface area (Å²) in [6.07, 6.45) is 1.72. The van der Waals surface area contributed by atoms with Crippen molar-refractivity contribution in [2.45, 2.75) is 6.54 Å². The van der Waals surface area contributed by atoms with Crippen LogP contribution in [0.5, 0.6) is 5.75 Å². The van der Waals surface area contributed by atoms with Gasteiger partial charge in [0, 0.05) is 43.7 Å². The summed E-state index contributed by atoms with van der Waals surface area (Å²) in [5, 5.41) is 9.38. The van der Waals surface area contributed by atoms with E-state index in [2.05, 4.69) is 26.3 Å². The van der Waals surface area contributed by atoms with Crippen LogP contribution in [0.1, 0.15) is 4.88 Å². The molecule has 0 atom stereocenters. The second-order valence-corrected chi connectivity index (χ2v) is 8.31. The van der Waals surface area contributed by atoms with Crippen molar-refractivity contribution in [3.8, 4) is 5.75 Å². The molecule has 1 N–H and O–H groups in total. The molecule has 1 aromatic carbocycles. The van der Waals surface area contributed by atoms with Crippen LogP contribution in [-0.2, 0) is 11.3 Å². The third-order valence-electron chi connectivity index (χ3n) is 5.12. The SMILES string of the molecule is O=C(CN1CCN(CCOc2ccccc2)CC1)Nc1ccnn1Cc1cccs1. The molecule has 30 heavy (non-hydrogen) atoms. The lowest BCUT2D eigenvalue weighted by Gasteiger charge is -2.34. The quantitative estimate of drug-likeness (QED) is 0.571. The topological polar surface area (TPSA) is 62.6 Å². The number of carbonyl (C=O) groups is 1. The fourth-order valence-corrected chi connectivity index (χ4v) is 4.17. The molecule has 3 aromatic rings. The zero-order valence-corrected chi connectivity index (χ0v) is 17.8. The molecule has 4 rings (SSSR count). The van der Waals surface area contributed by atoms with Crippen molar-refractivity contribution < 1.29 is 9.53 Å². The highest BCUT2D eigenvalue weighted by Gasteiger charge is 2.19. The van der Waals surface area contributed by atoms with Crippen molar-refractivity contribution in [2.75, 3.05) is 51.2 Å². The summed E-state index contributed by atoms with van der Waals surface area (Å²) in [6.45, 7) is 6.31. The van der Waals surface area contributed by atoms with Gasteiger partial charge in [0.15, 0.2) is 0 Å². The third kappa shape index (κ3) is 5.91. The molecule has 1 aliphatic heterocycles. The van der Waals surface area contributed by atoms with Gasteiger partial charge >= 0.3 is 0 Å². The Morgan fingerprint density at radius 2 is 1.83 bits per heavy atom. The second kappa shape index (κ2) is 10.4. The van der Waals surface area contributed by atoms with Gasteiger partial charge < -0.3 is 10.1 Å². The van der Waals surface area contributed by atoms with E-state index >= 15 is 0 Å². The summed E-state index contributed by atoms with van der Waals surface area (Å²) in [6, 6.07) is 15.8. The molecule has 8 heteroatoms. The van der Waals surface area contributed by atoms with Gasteiger partial charge in [0.05, 0.1) is 19.3 Å². The number of piperazine rings is 1. The van der Waals surface area contributed by atoms with Crippen molar-refractivity contribution in [2.24, 2.45) is 0 Å². The molecule has 3 heterocycles. The van der Waals surface area contributed by atoms with E-state index in [0.717, 1.165) is 44.3 Å². The average Bonchev–Trinajstić information content (AvgIpc) is 3.43. The molecule has 2 aromatic heterocycles. The predicted molar refractivity (Wildman–Crippen MR) is 119 cm³/mol. The van der Waals surface area contributed by atoms with Gasteiger partial charge in [-0.1, -0.05) is 24.3 Å². The van der Waals surface area contributed by atoms with Crippen LogP contribution in [0.15, 0.2) is 60.1 Å². The van der Waals surface area contributed by atoms with Crippen molar-refractivity contribution in [3.05, 3.63) is 65.0 Å². The molecule has 0 unspecified atom stereocenters. The lowest BCUT2D eigenvalue weighted by molar-refractivity contribution is -0.117. The highest BCUT2D eigenvalue weighted by Crippen LogP contribution is 2.14. The van der Waals surface area contributed by atoms with Crippen LogP contribution in [0.3, 0.4) is 0 Å². The predicted octanol–water partition coefficient (Wildman–Crippen LogP) is 2.63. The molecule has 1 saturated heterocycles. The summed E-state index contributed by atoms with van der Waals surface area (Å²) in [5.74, 6) is 1.65. The van der Waals surface area contributed by atoms with E-state index in [1.807, 2.05) is 52.5 Å². The molecule has 0 bridgehead atoms. The van der Waals surface area contributed by atoms with Crippen molar-refractivity contribution in [1.29, 1.82) is 0 Å². The zero-order valence-electron chi connectivity index (χ0n) is 16.9. The number of hydrogen-bond donors (Lipinski definition) is 1. The minimum atomic E-state index is 0.00351. The Morgan fingerprint density at radius 3 is 2.60 bits per heavy atom. The van der Waals surface area contributed by atoms with Crippen LogP contribution >= 0.6 is 11.3 Å². The average molecular weight is 426 g/mol. The number of thiophene rings is 1. The molecule has 7 nitrogen and oxygen atoms in total. The fourth-order valence-electron chi connectivity index (χ4n) is 3.48. The Labute approximate surface area is 180 Å². The first-order chi connectivity index (χ1) is 14.8. The first kappa shape index (κ1) is 20.6. The Hall–Kier alpha value is -2.68. The number of anilines is 1. The maximum atomic E-state index is 12.5. The molecule has 158 valence electrons. The maximum Gasteiger partial charge on any atom is 0.239 e. The highest BCUT2D eigenvalue weighted by molar-refractivity contribution is 7.09. The first-order valence-electron chi connectivity index (χ1n) is 10.2. The van der Waals surface area contributed by atoms with Gasteiger partial charge in [0.1, 0.15) is 18.2 Å². The second-order valence-electron chi connectivity index (χ2n) is 7.28. The van der Waals surface area contributed by atoms with Crippen molar-refractivity contribution in [1.82, 2.24) is 19.6 Å². The molecule has 0 aliphatic carbocycles. The Balaban J connectivity index is 1.16. The number of aromatic nitrogens is 2. The number of amides is 1. The molecule has 1 amide bonds. The van der Waals surface area contributed by atoms with Gasteiger partial charge in [-0.05, 0) is 23.6 Å². The number of hydrogen-bond acceptors (Lipinski definition) is 6. The Bertz CT molecular complexity index is 905. The number of carbonyl (C=O) groups excluding carboxylic acids is 1. The monoisotopic (exact) mass is 425 g/mol. The Kier molecular flexibility index (Phi) is 7.12. The summed E-state index contributed by atoms with van der Waals surface area (Å²) < 4.78 is 7.61. The lowest BCUT2D eigenvalue weighted by atomic mass is 10.3. The van der Waals surface area contributed by atoms with E-state index in [9.17, 15) is 4.79 Å². The molecular weight excluding hydrogens is 398 g/mol. The van der Waals surface area contributed by atoms with E-state index in [0.29, 0.717) is 19.7 Å². The van der Waals surface area contributed by atoms with Crippen LogP contribution in [0.4, 0.5) is 5.82 Å². The van der Waals surface area contributed by atoms with Gasteiger partial charge in [0.2, 0.25) is 5.91 Å². The van der Waals surface area contributed by atoms with Gasteiger partial charge in [-0.15, -0.1) is 11.3 Å². The molecule has 0 saturated carbocycles. The molecule has 0 spiro atoms. The number of rotatable bonds is 9. The van der Waals surface area contributed by atoms with E-state index in [4.69, 9.17) is 4.74 Å². The van der Waals surface area contributed by atoms with Gasteiger partial charge in [0.25, 0.3) is 0 Å². The lowest BCUT2D eigenvalue weighted by Crippen LogP contribution is -2.49. The number of nitrogens with one attached hydrogen (secondary N) is 1. The first-order valence-corrected chi connectivity index (χ1v) is 11.1. The zero-order chi connectivity index (χ0) is 20.6. The molecular formula is C22H27N5O2S. The highest BCUT2D eigenvalue weighted by atomic mass is 32.1. The van der Waals surface area contributed by atoms with Crippen LogP contribution in [0.25, 0.3) is 0 Å². The van der Waals surface area contributed by atoms with E-state index < -0.39 is 0 Å². The third-order valence-corrected chi connectivity index (χ3v) is 5.98. The molecule has 1 aliphatic rings. The summed E-state index contributed by atoms with van der Waals surface area (Å²) in [7, 11) is 0. The van der Waals surface area contributed by atoms with Crippen LogP contribution in [0, 0.1) is 0 Å². The van der Waals surface area contributed by atoms with Gasteiger partial charge in [-0.2, -0.15) is 5.10 Å². The fraction of sp³-hybridized carbons (Fsp3) is 0.364. The Morgan fingerprint density at radius 1 is 1.03 bits per heavy atom. The van der Waals surface area contributed by atoms with Crippen LogP contribution in [-0.4, -0.2) is 71.4 Å². The summed E-state index contributed by atoms with van der Waals surface area (Å²) in [5.41, 5.74) is 0. The smallest absolute Gasteiger partial charge is 0.239 e. The maximum absolute atomic E-state index is 12.5. The van der Waals surface area contributed by atoms with Crippen LogP contribution in [0.2, 0.25) is 0 Å². The van der Waals surface area contributed by atoms with E-state index in [1.165, 1.54) is 4.88 Å². The summed E-state index contributed by atoms with van der Waals surface area (Å²) in [4.78, 5) is 18.3. The van der Waals surface area contributed by atoms with Gasteiger partial charge in [-0.3, -0.25) is 14.6 Å². The standard InChI is InChI=1S/C22H27N5O2S/c28-22(24-21-8-9-23-27(21)17-20-7-4-16-30-20)18-26-12-10-25(11-13-26)14-15-29-19-5-2-1-3-6-19/h1-9,16H,10-15,17-18H2,(H,24,28). The number of ether oxygens (including phenoxy) is 1. The van der Waals surface area contributed by atoms with Crippen molar-refractivity contribution >= 4 is 23.1 Å². The van der Waals surface area contributed by atoms with Gasteiger partial charge in [-0.25, -0.2) is 4.68 Å². The molecule has 0 radical (unpaired) electrons. The molecule has 1 fully saturated rings. The largest absolute Gasteiger partial charge is 0.492 e. The van der Waals surface area contributed by atoms with E-state index in [-0.39, 0.29) is 5.91 Å². The minimum Gasteiger partial charge on any atom is -0.492 e. The van der Waals surface area contributed by atoms with Crippen molar-refractivity contribution in [3.63, 3.8) is 0 Å². The summed E-state index contributed by atoms with van der Waals surface area (Å²) >= 11 is 1.69.